The van der Waals surface area contributed by atoms with Crippen molar-refractivity contribution in [2.75, 3.05) is 37.2 Å². The first kappa shape index (κ1) is 20.8. The number of amides is 1. The minimum absolute atomic E-state index is 0.0111. The molecule has 1 aliphatic heterocycles. The Hall–Kier alpha value is -3.41. The fourth-order valence-corrected chi connectivity index (χ4v) is 4.60. The highest BCUT2D eigenvalue weighted by Crippen LogP contribution is 2.23. The predicted octanol–water partition coefficient (Wildman–Crippen LogP) is 0.967. The molecule has 160 valence electrons. The molecule has 1 fully saturated rings. The van der Waals surface area contributed by atoms with E-state index >= 15 is 0 Å². The van der Waals surface area contributed by atoms with Crippen molar-refractivity contribution < 1.29 is 13.2 Å². The van der Waals surface area contributed by atoms with Crippen LogP contribution in [0.5, 0.6) is 0 Å². The second-order valence-electron chi connectivity index (χ2n) is 6.86. The van der Waals surface area contributed by atoms with Crippen LogP contribution in [0.15, 0.2) is 59.9 Å². The van der Waals surface area contributed by atoms with E-state index < -0.39 is 15.9 Å². The molecule has 2 aromatic heterocycles. The minimum atomic E-state index is -3.56. The molecule has 3 aromatic rings. The number of anilines is 2. The summed E-state index contributed by atoms with van der Waals surface area (Å²) in [6, 6.07) is 9.71. The molecule has 4 rings (SSSR count). The number of carbonyl (C=O) groups excluding carboxylic acids is 1. The summed E-state index contributed by atoms with van der Waals surface area (Å²) < 4.78 is 27.0. The molecular weight excluding hydrogens is 418 g/mol. The topological polar surface area (TPSA) is 143 Å². The van der Waals surface area contributed by atoms with Crippen molar-refractivity contribution in [1.82, 2.24) is 24.6 Å². The molecule has 0 unspecified atom stereocenters. The van der Waals surface area contributed by atoms with Crippen molar-refractivity contribution in [3.05, 3.63) is 60.7 Å². The van der Waals surface area contributed by atoms with Gasteiger partial charge in [-0.2, -0.15) is 4.31 Å². The molecule has 10 nitrogen and oxygen atoms in total. The van der Waals surface area contributed by atoms with Gasteiger partial charge in [-0.3, -0.25) is 9.78 Å². The summed E-state index contributed by atoms with van der Waals surface area (Å²) in [5.74, 6) is -0.527. The van der Waals surface area contributed by atoms with Crippen molar-refractivity contribution in [1.29, 1.82) is 0 Å². The Morgan fingerprint density at radius 2 is 1.84 bits per heavy atom. The Morgan fingerprint density at radius 1 is 1.10 bits per heavy atom. The summed E-state index contributed by atoms with van der Waals surface area (Å²) in [6.45, 7) is 2.12. The van der Waals surface area contributed by atoms with E-state index in [1.165, 1.54) is 28.8 Å². The van der Waals surface area contributed by atoms with Crippen molar-refractivity contribution in [2.45, 2.75) is 4.90 Å². The number of nitrogens with one attached hydrogen (secondary N) is 2. The highest BCUT2D eigenvalue weighted by Gasteiger charge is 2.25. The van der Waals surface area contributed by atoms with E-state index in [-0.39, 0.29) is 16.4 Å². The molecule has 0 radical (unpaired) electrons. The Morgan fingerprint density at radius 3 is 2.52 bits per heavy atom. The zero-order valence-corrected chi connectivity index (χ0v) is 17.3. The van der Waals surface area contributed by atoms with Gasteiger partial charge >= 0.3 is 0 Å². The van der Waals surface area contributed by atoms with Gasteiger partial charge in [0.2, 0.25) is 10.0 Å². The first-order chi connectivity index (χ1) is 14.9. The molecule has 1 aromatic carbocycles. The van der Waals surface area contributed by atoms with Gasteiger partial charge < -0.3 is 16.4 Å². The second kappa shape index (κ2) is 8.76. The zero-order valence-electron chi connectivity index (χ0n) is 16.5. The van der Waals surface area contributed by atoms with Gasteiger partial charge in [0.25, 0.3) is 5.91 Å². The Balaban J connectivity index is 1.57. The fraction of sp³-hybridized carbons (Fsp3) is 0.200. The molecule has 0 bridgehead atoms. The number of benzene rings is 1. The van der Waals surface area contributed by atoms with Crippen LogP contribution in [0.4, 0.5) is 11.5 Å². The zero-order chi connectivity index (χ0) is 21.8. The summed E-state index contributed by atoms with van der Waals surface area (Å²) in [5, 5.41) is 5.80. The van der Waals surface area contributed by atoms with Crippen LogP contribution >= 0.6 is 0 Å². The van der Waals surface area contributed by atoms with Gasteiger partial charge in [-0.25, -0.2) is 18.4 Å². The van der Waals surface area contributed by atoms with Gasteiger partial charge in [0, 0.05) is 37.9 Å². The number of nitrogens with two attached hydrogens (primary N) is 1. The lowest BCUT2D eigenvalue weighted by molar-refractivity contribution is 0.102. The highest BCUT2D eigenvalue weighted by molar-refractivity contribution is 7.89. The lowest BCUT2D eigenvalue weighted by Crippen LogP contribution is -2.46. The van der Waals surface area contributed by atoms with Gasteiger partial charge in [0.1, 0.15) is 0 Å². The second-order valence-corrected chi connectivity index (χ2v) is 8.80. The minimum Gasteiger partial charge on any atom is -0.382 e. The lowest BCUT2D eigenvalue weighted by atomic mass is 10.1. The first-order valence-electron chi connectivity index (χ1n) is 9.60. The summed E-state index contributed by atoms with van der Waals surface area (Å²) >= 11 is 0. The molecule has 4 N–H and O–H groups in total. The van der Waals surface area contributed by atoms with Gasteiger partial charge in [-0.1, -0.05) is 12.1 Å². The number of nitrogen functional groups attached to an aromatic ring is 1. The number of pyridine rings is 1. The maximum absolute atomic E-state index is 12.8. The predicted molar refractivity (Wildman–Crippen MR) is 116 cm³/mol. The summed E-state index contributed by atoms with van der Waals surface area (Å²) in [7, 11) is -3.56. The van der Waals surface area contributed by atoms with E-state index in [0.29, 0.717) is 43.1 Å². The van der Waals surface area contributed by atoms with E-state index in [0.717, 1.165) is 0 Å². The maximum Gasteiger partial charge on any atom is 0.278 e. The van der Waals surface area contributed by atoms with Crippen LogP contribution in [-0.2, 0) is 10.0 Å². The van der Waals surface area contributed by atoms with Crippen LogP contribution in [0.25, 0.3) is 11.3 Å². The first-order valence-corrected chi connectivity index (χ1v) is 11.0. The average molecular weight is 440 g/mol. The molecule has 1 amide bonds. The third kappa shape index (κ3) is 4.53. The van der Waals surface area contributed by atoms with Gasteiger partial charge in [-0.15, -0.1) is 0 Å². The van der Waals surface area contributed by atoms with E-state index in [2.05, 4.69) is 25.6 Å². The number of sulfonamides is 1. The molecule has 0 atom stereocenters. The number of piperazine rings is 1. The quantitative estimate of drug-likeness (QED) is 0.533. The third-order valence-electron chi connectivity index (χ3n) is 4.80. The Bertz CT molecular complexity index is 1180. The van der Waals surface area contributed by atoms with Crippen LogP contribution in [0, 0.1) is 0 Å². The van der Waals surface area contributed by atoms with Gasteiger partial charge in [0.05, 0.1) is 28.7 Å². The smallest absolute Gasteiger partial charge is 0.278 e. The van der Waals surface area contributed by atoms with E-state index in [9.17, 15) is 13.2 Å². The molecular formula is C20H21N7O3S. The summed E-state index contributed by atoms with van der Waals surface area (Å²) in [6.07, 6.45) is 4.54. The number of rotatable bonds is 5. The summed E-state index contributed by atoms with van der Waals surface area (Å²) in [4.78, 5) is 25.1. The van der Waals surface area contributed by atoms with E-state index in [1.54, 1.807) is 30.5 Å². The lowest BCUT2D eigenvalue weighted by Gasteiger charge is -2.26. The van der Waals surface area contributed by atoms with Gasteiger partial charge in [0.15, 0.2) is 11.5 Å². The van der Waals surface area contributed by atoms with Crippen LogP contribution < -0.4 is 16.4 Å². The standard InChI is InChI=1S/C20H21N7O3S/c21-19-18(20(28)25-15-2-1-7-23-12-15)26-17(13-24-19)14-3-5-16(6-4-14)31(29,30)27-10-8-22-9-11-27/h1-7,12-13,22H,8-11H2,(H2,21,24)(H,25,28). The molecule has 0 spiro atoms. The molecule has 11 heteroatoms. The van der Waals surface area contributed by atoms with E-state index in [4.69, 9.17) is 5.73 Å². The largest absolute Gasteiger partial charge is 0.382 e. The van der Waals surface area contributed by atoms with Crippen molar-refractivity contribution >= 4 is 27.4 Å². The molecule has 31 heavy (non-hydrogen) atoms. The Kier molecular flexibility index (Phi) is 5.89. The maximum atomic E-state index is 12.8. The highest BCUT2D eigenvalue weighted by atomic mass is 32.2. The normalized spacial score (nSPS) is 14.8. The molecule has 3 heterocycles. The Labute approximate surface area is 179 Å². The van der Waals surface area contributed by atoms with Crippen molar-refractivity contribution in [2.24, 2.45) is 0 Å². The van der Waals surface area contributed by atoms with E-state index in [1.807, 2.05) is 0 Å². The number of hydrogen-bond donors (Lipinski definition) is 3. The molecule has 0 aliphatic carbocycles. The molecule has 1 saturated heterocycles. The number of aromatic nitrogens is 3. The van der Waals surface area contributed by atoms with Crippen LogP contribution in [-0.4, -0.2) is 59.8 Å². The summed E-state index contributed by atoms with van der Waals surface area (Å²) in [5.41, 5.74) is 7.33. The number of hydrogen-bond acceptors (Lipinski definition) is 8. The molecule has 1 aliphatic rings. The number of nitrogens with zero attached hydrogens (tertiary/aromatic N) is 4. The van der Waals surface area contributed by atoms with Crippen molar-refractivity contribution in [3.63, 3.8) is 0 Å². The van der Waals surface area contributed by atoms with Gasteiger partial charge in [-0.05, 0) is 24.3 Å². The molecule has 0 saturated carbocycles. The third-order valence-corrected chi connectivity index (χ3v) is 6.71. The number of carbonyl (C=O) groups is 1. The average Bonchev–Trinajstić information content (AvgIpc) is 2.80. The van der Waals surface area contributed by atoms with Crippen LogP contribution in [0.2, 0.25) is 0 Å². The van der Waals surface area contributed by atoms with Crippen molar-refractivity contribution in [3.8, 4) is 11.3 Å². The van der Waals surface area contributed by atoms with Crippen LogP contribution in [0.1, 0.15) is 10.5 Å². The van der Waals surface area contributed by atoms with Crippen LogP contribution in [0.3, 0.4) is 0 Å². The monoisotopic (exact) mass is 439 g/mol. The fourth-order valence-electron chi connectivity index (χ4n) is 3.16. The SMILES string of the molecule is Nc1ncc(-c2ccc(S(=O)(=O)N3CCNCC3)cc2)nc1C(=O)Nc1cccnc1.